The predicted octanol–water partition coefficient (Wildman–Crippen LogP) is 2.30. The summed E-state index contributed by atoms with van der Waals surface area (Å²) in [6, 6.07) is 11.4. The van der Waals surface area contributed by atoms with E-state index in [1.165, 1.54) is 24.3 Å². The normalized spacial score (nSPS) is 9.95. The summed E-state index contributed by atoms with van der Waals surface area (Å²) in [5.41, 5.74) is 7.25. The molecule has 0 unspecified atom stereocenters. The summed E-state index contributed by atoms with van der Waals surface area (Å²) in [6.07, 6.45) is -0.00453. The molecule has 0 atom stereocenters. The van der Waals surface area contributed by atoms with Crippen molar-refractivity contribution >= 4 is 23.3 Å². The van der Waals surface area contributed by atoms with Crippen molar-refractivity contribution in [1.29, 1.82) is 0 Å². The van der Waals surface area contributed by atoms with Gasteiger partial charge in [0.1, 0.15) is 5.82 Å². The lowest BCUT2D eigenvalue weighted by atomic mass is 10.1. The van der Waals surface area contributed by atoms with E-state index in [4.69, 9.17) is 5.73 Å². The van der Waals surface area contributed by atoms with Crippen molar-refractivity contribution in [2.45, 2.75) is 6.42 Å². The van der Waals surface area contributed by atoms with Gasteiger partial charge < -0.3 is 11.1 Å². The van der Waals surface area contributed by atoms with Gasteiger partial charge in [-0.05, 0) is 42.0 Å². The number of rotatable bonds is 3. The third-order valence-electron chi connectivity index (χ3n) is 2.70. The highest BCUT2D eigenvalue weighted by Crippen LogP contribution is 2.10. The Balaban J connectivity index is 1.85. The number of imide groups is 1. The maximum atomic E-state index is 12.7. The highest BCUT2D eigenvalue weighted by molar-refractivity contribution is 6.01. The van der Waals surface area contributed by atoms with Gasteiger partial charge in [0, 0.05) is 11.4 Å². The lowest BCUT2D eigenvalue weighted by Gasteiger charge is -2.07. The fourth-order valence-electron chi connectivity index (χ4n) is 1.69. The smallest absolute Gasteiger partial charge is 0.325 e. The van der Waals surface area contributed by atoms with E-state index in [0.29, 0.717) is 16.9 Å². The average Bonchev–Trinajstić information content (AvgIpc) is 2.44. The number of carbonyl (C=O) groups excluding carboxylic acids is 2. The molecular formula is C15H14FN3O2. The molecule has 5 nitrogen and oxygen atoms in total. The minimum absolute atomic E-state index is 0.00453. The van der Waals surface area contributed by atoms with Gasteiger partial charge in [-0.25, -0.2) is 9.18 Å². The van der Waals surface area contributed by atoms with Crippen molar-refractivity contribution in [3.05, 3.63) is 59.9 Å². The molecule has 0 bridgehead atoms. The van der Waals surface area contributed by atoms with Crippen molar-refractivity contribution in [2.24, 2.45) is 0 Å². The number of urea groups is 1. The molecule has 0 heterocycles. The van der Waals surface area contributed by atoms with Crippen LogP contribution in [0.1, 0.15) is 5.56 Å². The Kier molecular flexibility index (Phi) is 4.50. The van der Waals surface area contributed by atoms with E-state index < -0.39 is 11.9 Å². The van der Waals surface area contributed by atoms with Crippen molar-refractivity contribution in [1.82, 2.24) is 5.32 Å². The molecule has 0 spiro atoms. The van der Waals surface area contributed by atoms with E-state index in [1.54, 1.807) is 24.3 Å². The number of carbonyl (C=O) groups is 2. The summed E-state index contributed by atoms with van der Waals surface area (Å²) in [4.78, 5) is 23.3. The maximum absolute atomic E-state index is 12.7. The van der Waals surface area contributed by atoms with Crippen LogP contribution < -0.4 is 16.4 Å². The fourth-order valence-corrected chi connectivity index (χ4v) is 1.69. The minimum Gasteiger partial charge on any atom is -0.399 e. The summed E-state index contributed by atoms with van der Waals surface area (Å²) in [6.45, 7) is 0. The van der Waals surface area contributed by atoms with Crippen LogP contribution in [-0.2, 0) is 11.2 Å². The van der Waals surface area contributed by atoms with Gasteiger partial charge >= 0.3 is 6.03 Å². The summed E-state index contributed by atoms with van der Waals surface area (Å²) in [7, 11) is 0. The van der Waals surface area contributed by atoms with Gasteiger partial charge in [-0.3, -0.25) is 10.1 Å². The van der Waals surface area contributed by atoms with Crippen LogP contribution in [0.3, 0.4) is 0 Å². The first-order chi connectivity index (χ1) is 10.0. The van der Waals surface area contributed by atoms with Crippen molar-refractivity contribution in [2.75, 3.05) is 11.1 Å². The molecule has 0 saturated heterocycles. The molecule has 4 N–H and O–H groups in total. The van der Waals surface area contributed by atoms with Gasteiger partial charge in [0.25, 0.3) is 0 Å². The number of nitrogens with one attached hydrogen (secondary N) is 2. The number of anilines is 2. The molecule has 2 aromatic carbocycles. The maximum Gasteiger partial charge on any atom is 0.325 e. The second kappa shape index (κ2) is 6.51. The van der Waals surface area contributed by atoms with Crippen LogP contribution >= 0.6 is 0 Å². The number of amides is 3. The molecule has 2 aromatic rings. The highest BCUT2D eigenvalue weighted by atomic mass is 19.1. The Morgan fingerprint density at radius 3 is 2.24 bits per heavy atom. The van der Waals surface area contributed by atoms with Crippen molar-refractivity contribution < 1.29 is 14.0 Å². The largest absolute Gasteiger partial charge is 0.399 e. The summed E-state index contributed by atoms with van der Waals surface area (Å²) in [5.74, 6) is -0.852. The van der Waals surface area contributed by atoms with Gasteiger partial charge in [-0.1, -0.05) is 12.1 Å². The minimum atomic E-state index is -0.633. The topological polar surface area (TPSA) is 84.2 Å². The fraction of sp³-hybridized carbons (Fsp3) is 0.0667. The third kappa shape index (κ3) is 4.61. The molecule has 0 aromatic heterocycles. The Bertz CT molecular complexity index is 581. The second-order valence-electron chi connectivity index (χ2n) is 4.43. The van der Waals surface area contributed by atoms with Gasteiger partial charge in [0.2, 0.25) is 5.91 Å². The van der Waals surface area contributed by atoms with Crippen LogP contribution in [-0.4, -0.2) is 11.9 Å². The average molecular weight is 287 g/mol. The highest BCUT2D eigenvalue weighted by Gasteiger charge is 2.08. The van der Waals surface area contributed by atoms with E-state index in [0.717, 1.165) is 0 Å². The van der Waals surface area contributed by atoms with Crippen LogP contribution in [0, 0.1) is 5.82 Å². The van der Waals surface area contributed by atoms with Gasteiger partial charge in [-0.15, -0.1) is 0 Å². The first-order valence-corrected chi connectivity index (χ1v) is 6.24. The SMILES string of the molecule is Nc1ccc(NC(=O)NC(=O)Cc2ccc(F)cc2)cc1. The molecule has 2 rings (SSSR count). The van der Waals surface area contributed by atoms with E-state index in [9.17, 15) is 14.0 Å². The Labute approximate surface area is 121 Å². The number of benzene rings is 2. The molecule has 0 radical (unpaired) electrons. The van der Waals surface area contributed by atoms with Crippen LogP contribution in [0.4, 0.5) is 20.6 Å². The lowest BCUT2D eigenvalue weighted by Crippen LogP contribution is -2.35. The summed E-state index contributed by atoms with van der Waals surface area (Å²) < 4.78 is 12.7. The Hall–Kier alpha value is -2.89. The molecular weight excluding hydrogens is 273 g/mol. The van der Waals surface area contributed by atoms with Crippen LogP contribution in [0.15, 0.2) is 48.5 Å². The first kappa shape index (κ1) is 14.5. The summed E-state index contributed by atoms with van der Waals surface area (Å²) >= 11 is 0. The zero-order valence-corrected chi connectivity index (χ0v) is 11.1. The van der Waals surface area contributed by atoms with Gasteiger partial charge in [0.15, 0.2) is 0 Å². The zero-order valence-electron chi connectivity index (χ0n) is 11.1. The molecule has 0 aliphatic carbocycles. The number of halogens is 1. The zero-order chi connectivity index (χ0) is 15.2. The molecule has 0 saturated carbocycles. The van der Waals surface area contributed by atoms with Gasteiger partial charge in [0.05, 0.1) is 6.42 Å². The monoisotopic (exact) mass is 287 g/mol. The lowest BCUT2D eigenvalue weighted by molar-refractivity contribution is -0.119. The van der Waals surface area contributed by atoms with E-state index in [-0.39, 0.29) is 12.2 Å². The number of nitrogen functional groups attached to an aromatic ring is 1. The Morgan fingerprint density at radius 2 is 1.62 bits per heavy atom. The van der Waals surface area contributed by atoms with E-state index in [1.807, 2.05) is 0 Å². The van der Waals surface area contributed by atoms with E-state index in [2.05, 4.69) is 10.6 Å². The molecule has 0 aliphatic heterocycles. The van der Waals surface area contributed by atoms with Gasteiger partial charge in [-0.2, -0.15) is 0 Å². The number of hydrogen-bond acceptors (Lipinski definition) is 3. The Morgan fingerprint density at radius 1 is 1.00 bits per heavy atom. The van der Waals surface area contributed by atoms with E-state index >= 15 is 0 Å². The van der Waals surface area contributed by atoms with Crippen molar-refractivity contribution in [3.63, 3.8) is 0 Å². The summed E-state index contributed by atoms with van der Waals surface area (Å²) in [5, 5.41) is 4.70. The molecule has 3 amide bonds. The van der Waals surface area contributed by atoms with Crippen LogP contribution in [0.2, 0.25) is 0 Å². The van der Waals surface area contributed by atoms with Crippen LogP contribution in [0.5, 0.6) is 0 Å². The third-order valence-corrected chi connectivity index (χ3v) is 2.70. The molecule has 21 heavy (non-hydrogen) atoms. The number of hydrogen-bond donors (Lipinski definition) is 3. The molecule has 0 fully saturated rings. The first-order valence-electron chi connectivity index (χ1n) is 6.24. The molecule has 0 aliphatic rings. The molecule has 108 valence electrons. The molecule has 6 heteroatoms. The predicted molar refractivity (Wildman–Crippen MR) is 78.1 cm³/mol. The quantitative estimate of drug-likeness (QED) is 0.757. The standard InChI is InChI=1S/C15H14FN3O2/c16-11-3-1-10(2-4-11)9-14(20)19-15(21)18-13-7-5-12(17)6-8-13/h1-8H,9,17H2,(H2,18,19,20,21). The number of nitrogens with two attached hydrogens (primary N) is 1. The van der Waals surface area contributed by atoms with Crippen molar-refractivity contribution in [3.8, 4) is 0 Å². The van der Waals surface area contributed by atoms with Crippen LogP contribution in [0.25, 0.3) is 0 Å². The second-order valence-corrected chi connectivity index (χ2v) is 4.43.